The minimum atomic E-state index is -0.118. The van der Waals surface area contributed by atoms with E-state index in [9.17, 15) is 9.59 Å². The molecule has 1 aromatic carbocycles. The summed E-state index contributed by atoms with van der Waals surface area (Å²) in [7, 11) is 4.75. The first-order chi connectivity index (χ1) is 12.5. The summed E-state index contributed by atoms with van der Waals surface area (Å²) >= 11 is 0. The molecule has 0 unspecified atom stereocenters. The molecule has 1 aromatic rings. The molecule has 8 nitrogen and oxygen atoms in total. The first-order valence-electron chi connectivity index (χ1n) is 8.57. The Kier molecular flexibility index (Phi) is 6.94. The average Bonchev–Trinajstić information content (AvgIpc) is 2.67. The molecule has 2 rings (SSSR count). The van der Waals surface area contributed by atoms with Crippen LogP contribution in [-0.2, 0) is 11.2 Å². The predicted molar refractivity (Wildman–Crippen MR) is 97.0 cm³/mol. The largest absolute Gasteiger partial charge is 0.496 e. The Hall–Kier alpha value is -2.64. The molecule has 1 aliphatic heterocycles. The summed E-state index contributed by atoms with van der Waals surface area (Å²) in [5.74, 6) is 1.95. The van der Waals surface area contributed by atoms with E-state index >= 15 is 0 Å². The van der Waals surface area contributed by atoms with Gasteiger partial charge in [-0.2, -0.15) is 0 Å². The number of urea groups is 1. The minimum absolute atomic E-state index is 0.0469. The zero-order valence-electron chi connectivity index (χ0n) is 15.8. The topological polar surface area (TPSA) is 80.3 Å². The van der Waals surface area contributed by atoms with Crippen molar-refractivity contribution in [3.8, 4) is 17.2 Å². The quantitative estimate of drug-likeness (QED) is 0.817. The van der Waals surface area contributed by atoms with Gasteiger partial charge in [-0.1, -0.05) is 0 Å². The van der Waals surface area contributed by atoms with Crippen LogP contribution < -0.4 is 19.5 Å². The van der Waals surface area contributed by atoms with E-state index in [0.717, 1.165) is 5.56 Å². The number of benzene rings is 1. The number of nitrogens with zero attached hydrogens (tertiary/aromatic N) is 2. The maximum atomic E-state index is 12.3. The molecule has 0 aromatic heterocycles. The average molecular weight is 365 g/mol. The van der Waals surface area contributed by atoms with Gasteiger partial charge in [0.05, 0.1) is 21.3 Å². The highest BCUT2D eigenvalue weighted by atomic mass is 16.5. The molecule has 0 bridgehead atoms. The van der Waals surface area contributed by atoms with E-state index in [4.69, 9.17) is 14.2 Å². The van der Waals surface area contributed by atoms with Gasteiger partial charge in [-0.05, 0) is 18.1 Å². The molecule has 0 spiro atoms. The van der Waals surface area contributed by atoms with Crippen LogP contribution in [0.3, 0.4) is 0 Å². The number of rotatable bonds is 6. The summed E-state index contributed by atoms with van der Waals surface area (Å²) in [5.41, 5.74) is 0.923. The zero-order chi connectivity index (χ0) is 19.1. The van der Waals surface area contributed by atoms with E-state index in [1.54, 1.807) is 44.1 Å². The second kappa shape index (κ2) is 9.17. The van der Waals surface area contributed by atoms with Crippen LogP contribution in [0.4, 0.5) is 4.79 Å². The molecular formula is C18H27N3O5. The third-order valence-corrected chi connectivity index (χ3v) is 4.47. The molecule has 1 fully saturated rings. The van der Waals surface area contributed by atoms with Crippen molar-refractivity contribution < 1.29 is 23.8 Å². The first kappa shape index (κ1) is 19.7. The fourth-order valence-electron chi connectivity index (χ4n) is 2.93. The van der Waals surface area contributed by atoms with E-state index in [0.29, 0.717) is 56.4 Å². The summed E-state index contributed by atoms with van der Waals surface area (Å²) in [4.78, 5) is 27.1. The molecule has 144 valence electrons. The van der Waals surface area contributed by atoms with Crippen molar-refractivity contribution >= 4 is 11.9 Å². The molecular weight excluding hydrogens is 338 g/mol. The zero-order valence-corrected chi connectivity index (χ0v) is 15.8. The van der Waals surface area contributed by atoms with Gasteiger partial charge in [0, 0.05) is 45.7 Å². The van der Waals surface area contributed by atoms with Crippen molar-refractivity contribution in [1.82, 2.24) is 15.1 Å². The van der Waals surface area contributed by atoms with Gasteiger partial charge in [0.25, 0.3) is 0 Å². The Morgan fingerprint density at radius 1 is 0.923 bits per heavy atom. The number of carbonyl (C=O) groups excluding carboxylic acids is 2. The van der Waals surface area contributed by atoms with Crippen LogP contribution >= 0.6 is 0 Å². The number of amides is 3. The highest BCUT2D eigenvalue weighted by molar-refractivity contribution is 5.76. The summed E-state index contributed by atoms with van der Waals surface area (Å²) in [6, 6.07) is 3.51. The normalized spacial score (nSPS) is 14.0. The van der Waals surface area contributed by atoms with Gasteiger partial charge in [-0.25, -0.2) is 4.79 Å². The molecule has 1 heterocycles. The monoisotopic (exact) mass is 365 g/mol. The molecule has 8 heteroatoms. The molecule has 0 atom stereocenters. The summed E-state index contributed by atoms with van der Waals surface area (Å²) < 4.78 is 16.0. The van der Waals surface area contributed by atoms with Crippen molar-refractivity contribution in [2.45, 2.75) is 13.3 Å². The molecule has 0 saturated carbocycles. The van der Waals surface area contributed by atoms with Crippen LogP contribution in [0.5, 0.6) is 17.2 Å². The molecule has 1 aliphatic rings. The molecule has 0 radical (unpaired) electrons. The van der Waals surface area contributed by atoms with Gasteiger partial charge in [-0.15, -0.1) is 0 Å². The lowest BCUT2D eigenvalue weighted by Crippen LogP contribution is -2.52. The molecule has 26 heavy (non-hydrogen) atoms. The lowest BCUT2D eigenvalue weighted by Gasteiger charge is -2.34. The van der Waals surface area contributed by atoms with E-state index in [1.165, 1.54) is 0 Å². The van der Waals surface area contributed by atoms with Crippen LogP contribution in [0.1, 0.15) is 12.5 Å². The maximum absolute atomic E-state index is 12.3. The maximum Gasteiger partial charge on any atom is 0.317 e. The van der Waals surface area contributed by atoms with E-state index < -0.39 is 0 Å². The standard InChI is InChI=1S/C18H27N3O5/c1-13(22)20-7-9-21(10-8-20)18(23)19-6-5-14-11-16(25-3)17(26-4)12-15(14)24-2/h11-12H,5-10H2,1-4H3,(H,19,23). The van der Waals surface area contributed by atoms with Crippen LogP contribution in [0.2, 0.25) is 0 Å². The number of hydrogen-bond acceptors (Lipinski definition) is 5. The smallest absolute Gasteiger partial charge is 0.317 e. The Morgan fingerprint density at radius 3 is 2.00 bits per heavy atom. The first-order valence-corrected chi connectivity index (χ1v) is 8.57. The van der Waals surface area contributed by atoms with Crippen molar-refractivity contribution in [3.63, 3.8) is 0 Å². The van der Waals surface area contributed by atoms with Gasteiger partial charge in [0.1, 0.15) is 5.75 Å². The SMILES string of the molecule is COc1cc(OC)c(OC)cc1CCNC(=O)N1CCN(C(C)=O)CC1. The van der Waals surface area contributed by atoms with E-state index in [1.807, 2.05) is 6.07 Å². The van der Waals surface area contributed by atoms with Gasteiger partial charge in [0.2, 0.25) is 5.91 Å². The van der Waals surface area contributed by atoms with Crippen molar-refractivity contribution in [3.05, 3.63) is 17.7 Å². The Balaban J connectivity index is 1.89. The third kappa shape index (κ3) is 4.71. The number of nitrogens with one attached hydrogen (secondary N) is 1. The summed E-state index contributed by atoms with van der Waals surface area (Å²) in [6.07, 6.45) is 0.600. The third-order valence-electron chi connectivity index (χ3n) is 4.47. The van der Waals surface area contributed by atoms with Gasteiger partial charge in [-0.3, -0.25) is 4.79 Å². The molecule has 0 aliphatic carbocycles. The summed E-state index contributed by atoms with van der Waals surface area (Å²) in [5, 5.41) is 2.92. The number of piperazine rings is 1. The molecule has 3 amide bonds. The highest BCUT2D eigenvalue weighted by Gasteiger charge is 2.22. The fraction of sp³-hybridized carbons (Fsp3) is 0.556. The number of carbonyl (C=O) groups is 2. The Labute approximate surface area is 154 Å². The predicted octanol–water partition coefficient (Wildman–Crippen LogP) is 1.13. The van der Waals surface area contributed by atoms with Crippen molar-refractivity contribution in [2.24, 2.45) is 0 Å². The van der Waals surface area contributed by atoms with Crippen molar-refractivity contribution in [1.29, 1.82) is 0 Å². The number of methoxy groups -OCH3 is 3. The Morgan fingerprint density at radius 2 is 1.46 bits per heavy atom. The van der Waals surface area contributed by atoms with Crippen LogP contribution in [-0.4, -0.2) is 75.8 Å². The van der Waals surface area contributed by atoms with Crippen LogP contribution in [0.15, 0.2) is 12.1 Å². The van der Waals surface area contributed by atoms with E-state index in [2.05, 4.69) is 5.32 Å². The minimum Gasteiger partial charge on any atom is -0.496 e. The van der Waals surface area contributed by atoms with Gasteiger partial charge < -0.3 is 29.3 Å². The van der Waals surface area contributed by atoms with Gasteiger partial charge >= 0.3 is 6.03 Å². The van der Waals surface area contributed by atoms with Gasteiger partial charge in [0.15, 0.2) is 11.5 Å². The van der Waals surface area contributed by atoms with E-state index in [-0.39, 0.29) is 11.9 Å². The number of hydrogen-bond donors (Lipinski definition) is 1. The fourth-order valence-corrected chi connectivity index (χ4v) is 2.93. The highest BCUT2D eigenvalue weighted by Crippen LogP contribution is 2.34. The second-order valence-electron chi connectivity index (χ2n) is 5.99. The summed E-state index contributed by atoms with van der Waals surface area (Å²) in [6.45, 7) is 4.26. The van der Waals surface area contributed by atoms with Crippen molar-refractivity contribution in [2.75, 3.05) is 54.1 Å². The lowest BCUT2D eigenvalue weighted by atomic mass is 10.1. The van der Waals surface area contributed by atoms with Crippen LogP contribution in [0, 0.1) is 0 Å². The second-order valence-corrected chi connectivity index (χ2v) is 5.99. The molecule has 1 N–H and O–H groups in total. The molecule has 1 saturated heterocycles. The van der Waals surface area contributed by atoms with Crippen LogP contribution in [0.25, 0.3) is 0 Å². The number of ether oxygens (including phenoxy) is 3. The Bertz CT molecular complexity index is 642. The lowest BCUT2D eigenvalue weighted by molar-refractivity contribution is -0.130.